The van der Waals surface area contributed by atoms with E-state index in [0.717, 1.165) is 29.1 Å². The number of nitrogens with one attached hydrogen (secondary N) is 1. The molecule has 2 aromatic carbocycles. The highest BCUT2D eigenvalue weighted by Crippen LogP contribution is 2.19. The molecule has 3 aromatic rings. The lowest BCUT2D eigenvalue weighted by Gasteiger charge is -2.04. The van der Waals surface area contributed by atoms with Crippen molar-refractivity contribution < 1.29 is 4.39 Å². The van der Waals surface area contributed by atoms with Crippen molar-refractivity contribution in [2.75, 3.05) is 0 Å². The van der Waals surface area contributed by atoms with Crippen LogP contribution in [-0.4, -0.2) is 15.0 Å². The van der Waals surface area contributed by atoms with Gasteiger partial charge in [0.05, 0.1) is 6.54 Å². The molecule has 0 fully saturated rings. The van der Waals surface area contributed by atoms with Crippen molar-refractivity contribution in [2.24, 2.45) is 0 Å². The SMILES string of the molecule is CCn1nc(CNCc2ccc(F)cc2)c(-c2ccccc2)n1. The number of aromatic nitrogens is 3. The Labute approximate surface area is 135 Å². The monoisotopic (exact) mass is 310 g/mol. The van der Waals surface area contributed by atoms with Crippen LogP contribution in [0.1, 0.15) is 18.2 Å². The van der Waals surface area contributed by atoms with Crippen molar-refractivity contribution in [3.8, 4) is 11.3 Å². The summed E-state index contributed by atoms with van der Waals surface area (Å²) in [5, 5.41) is 12.4. The van der Waals surface area contributed by atoms with Gasteiger partial charge in [-0.05, 0) is 24.6 Å². The van der Waals surface area contributed by atoms with Crippen LogP contribution in [0.2, 0.25) is 0 Å². The van der Waals surface area contributed by atoms with Crippen LogP contribution in [0, 0.1) is 5.82 Å². The van der Waals surface area contributed by atoms with E-state index in [1.165, 1.54) is 12.1 Å². The molecule has 5 heteroatoms. The Kier molecular flexibility index (Phi) is 4.78. The fourth-order valence-electron chi connectivity index (χ4n) is 2.39. The molecule has 0 aliphatic carbocycles. The lowest BCUT2D eigenvalue weighted by atomic mass is 10.1. The van der Waals surface area contributed by atoms with Crippen LogP contribution in [0.5, 0.6) is 0 Å². The van der Waals surface area contributed by atoms with Crippen molar-refractivity contribution >= 4 is 0 Å². The molecule has 1 N–H and O–H groups in total. The Hall–Kier alpha value is -2.53. The Bertz CT molecular complexity index is 750. The number of hydrogen-bond acceptors (Lipinski definition) is 3. The molecule has 23 heavy (non-hydrogen) atoms. The van der Waals surface area contributed by atoms with Gasteiger partial charge in [-0.2, -0.15) is 15.0 Å². The molecule has 0 unspecified atom stereocenters. The molecule has 0 aliphatic heterocycles. The molecule has 1 heterocycles. The Morgan fingerprint density at radius 3 is 2.39 bits per heavy atom. The molecule has 1 aromatic heterocycles. The van der Waals surface area contributed by atoms with E-state index < -0.39 is 0 Å². The molecule has 0 radical (unpaired) electrons. The summed E-state index contributed by atoms with van der Waals surface area (Å²) in [4.78, 5) is 1.71. The predicted octanol–water partition coefficient (Wildman–Crippen LogP) is 3.39. The van der Waals surface area contributed by atoms with Crippen LogP contribution in [0.3, 0.4) is 0 Å². The molecule has 0 saturated heterocycles. The van der Waals surface area contributed by atoms with Crippen LogP contribution in [0.15, 0.2) is 54.6 Å². The second-order valence-corrected chi connectivity index (χ2v) is 5.28. The summed E-state index contributed by atoms with van der Waals surface area (Å²) in [6, 6.07) is 16.6. The Balaban J connectivity index is 1.72. The zero-order valence-corrected chi connectivity index (χ0v) is 13.0. The number of halogens is 1. The summed E-state index contributed by atoms with van der Waals surface area (Å²) in [5.41, 5.74) is 3.92. The predicted molar refractivity (Wildman–Crippen MR) is 88.1 cm³/mol. The zero-order chi connectivity index (χ0) is 16.1. The molecule has 0 aliphatic rings. The van der Waals surface area contributed by atoms with E-state index in [-0.39, 0.29) is 5.82 Å². The van der Waals surface area contributed by atoms with E-state index >= 15 is 0 Å². The number of aryl methyl sites for hydroxylation is 1. The molecule has 0 atom stereocenters. The van der Waals surface area contributed by atoms with Crippen molar-refractivity contribution in [3.63, 3.8) is 0 Å². The molecule has 4 nitrogen and oxygen atoms in total. The minimum absolute atomic E-state index is 0.217. The van der Waals surface area contributed by atoms with Gasteiger partial charge < -0.3 is 5.32 Å². The quantitative estimate of drug-likeness (QED) is 0.759. The van der Waals surface area contributed by atoms with E-state index in [1.807, 2.05) is 37.3 Å². The van der Waals surface area contributed by atoms with Gasteiger partial charge in [-0.15, -0.1) is 0 Å². The molecule has 118 valence electrons. The first-order valence-electron chi connectivity index (χ1n) is 7.71. The van der Waals surface area contributed by atoms with Crippen molar-refractivity contribution in [1.29, 1.82) is 0 Å². The first-order chi connectivity index (χ1) is 11.3. The molecular formula is C18H19FN4. The van der Waals surface area contributed by atoms with Crippen LogP contribution >= 0.6 is 0 Å². The third-order valence-electron chi connectivity index (χ3n) is 3.59. The summed E-state index contributed by atoms with van der Waals surface area (Å²) in [6.45, 7) is 4.03. The topological polar surface area (TPSA) is 42.7 Å². The Morgan fingerprint density at radius 1 is 0.957 bits per heavy atom. The molecule has 3 rings (SSSR count). The maximum Gasteiger partial charge on any atom is 0.123 e. The number of hydrogen-bond donors (Lipinski definition) is 1. The van der Waals surface area contributed by atoms with Gasteiger partial charge in [0.15, 0.2) is 0 Å². The van der Waals surface area contributed by atoms with Crippen LogP contribution in [0.25, 0.3) is 11.3 Å². The normalized spacial score (nSPS) is 10.9. The van der Waals surface area contributed by atoms with E-state index in [1.54, 1.807) is 16.9 Å². The van der Waals surface area contributed by atoms with E-state index in [0.29, 0.717) is 13.1 Å². The lowest BCUT2D eigenvalue weighted by Crippen LogP contribution is -2.14. The highest BCUT2D eigenvalue weighted by molar-refractivity contribution is 5.60. The van der Waals surface area contributed by atoms with Gasteiger partial charge in [0, 0.05) is 18.7 Å². The summed E-state index contributed by atoms with van der Waals surface area (Å²) < 4.78 is 12.9. The Morgan fingerprint density at radius 2 is 1.70 bits per heavy atom. The van der Waals surface area contributed by atoms with Crippen LogP contribution < -0.4 is 5.32 Å². The standard InChI is InChI=1S/C18H19FN4/c1-2-23-21-17(18(22-23)15-6-4-3-5-7-15)13-20-12-14-8-10-16(19)11-9-14/h3-11,20H,2,12-13H2,1H3. The van der Waals surface area contributed by atoms with Gasteiger partial charge in [-0.1, -0.05) is 42.5 Å². The van der Waals surface area contributed by atoms with Gasteiger partial charge in [-0.3, -0.25) is 0 Å². The van der Waals surface area contributed by atoms with Gasteiger partial charge in [0.1, 0.15) is 17.2 Å². The summed E-state index contributed by atoms with van der Waals surface area (Å²) in [6.07, 6.45) is 0. The van der Waals surface area contributed by atoms with E-state index in [4.69, 9.17) is 0 Å². The minimum atomic E-state index is -0.217. The average molecular weight is 310 g/mol. The van der Waals surface area contributed by atoms with E-state index in [9.17, 15) is 4.39 Å². The first kappa shape index (κ1) is 15.4. The first-order valence-corrected chi connectivity index (χ1v) is 7.71. The average Bonchev–Trinajstić information content (AvgIpc) is 3.01. The molecular weight excluding hydrogens is 291 g/mol. The summed E-state index contributed by atoms with van der Waals surface area (Å²) in [5.74, 6) is -0.217. The van der Waals surface area contributed by atoms with Gasteiger partial charge in [-0.25, -0.2) is 4.39 Å². The van der Waals surface area contributed by atoms with Crippen LogP contribution in [0.4, 0.5) is 4.39 Å². The minimum Gasteiger partial charge on any atom is -0.307 e. The maximum atomic E-state index is 12.9. The zero-order valence-electron chi connectivity index (χ0n) is 13.0. The number of nitrogens with zero attached hydrogens (tertiary/aromatic N) is 3. The fraction of sp³-hybridized carbons (Fsp3) is 0.222. The van der Waals surface area contributed by atoms with Crippen molar-refractivity contribution in [3.05, 3.63) is 71.7 Å². The number of benzene rings is 2. The highest BCUT2D eigenvalue weighted by atomic mass is 19.1. The van der Waals surface area contributed by atoms with Gasteiger partial charge >= 0.3 is 0 Å². The van der Waals surface area contributed by atoms with Crippen molar-refractivity contribution in [1.82, 2.24) is 20.3 Å². The smallest absolute Gasteiger partial charge is 0.123 e. The summed E-state index contributed by atoms with van der Waals surface area (Å²) in [7, 11) is 0. The third-order valence-corrected chi connectivity index (χ3v) is 3.59. The fourth-order valence-corrected chi connectivity index (χ4v) is 2.39. The lowest BCUT2D eigenvalue weighted by molar-refractivity contribution is 0.557. The van der Waals surface area contributed by atoms with Crippen LogP contribution in [-0.2, 0) is 19.6 Å². The number of rotatable bonds is 6. The van der Waals surface area contributed by atoms with Crippen molar-refractivity contribution in [2.45, 2.75) is 26.6 Å². The second-order valence-electron chi connectivity index (χ2n) is 5.28. The largest absolute Gasteiger partial charge is 0.307 e. The molecule has 0 saturated carbocycles. The molecule has 0 bridgehead atoms. The maximum absolute atomic E-state index is 12.9. The highest BCUT2D eigenvalue weighted by Gasteiger charge is 2.12. The van der Waals surface area contributed by atoms with E-state index in [2.05, 4.69) is 15.5 Å². The summed E-state index contributed by atoms with van der Waals surface area (Å²) >= 11 is 0. The van der Waals surface area contributed by atoms with Gasteiger partial charge in [0.25, 0.3) is 0 Å². The van der Waals surface area contributed by atoms with Gasteiger partial charge in [0.2, 0.25) is 0 Å². The second kappa shape index (κ2) is 7.15. The third kappa shape index (κ3) is 3.81. The molecule has 0 amide bonds. The molecule has 0 spiro atoms.